The Labute approximate surface area is 118 Å². The Hall–Kier alpha value is -0.0900. The maximum Gasteiger partial charge on any atom is 0.226 e. The van der Waals surface area contributed by atoms with Crippen molar-refractivity contribution in [3.63, 3.8) is 0 Å². The molecule has 0 aliphatic carbocycles. The largest absolute Gasteiger partial charge is 0.381 e. The lowest BCUT2D eigenvalue weighted by molar-refractivity contribution is -0.145. The first-order valence-electron chi connectivity index (χ1n) is 7.18. The molecule has 2 aliphatic heterocycles. The van der Waals surface area contributed by atoms with E-state index in [2.05, 4.69) is 27.8 Å². The quantitative estimate of drug-likeness (QED) is 0.749. The molecule has 3 unspecified atom stereocenters. The monoisotopic (exact) mass is 317 g/mol. The maximum atomic E-state index is 12.7. The number of piperidine rings is 1. The van der Waals surface area contributed by atoms with Crippen LogP contribution in [-0.4, -0.2) is 41.9 Å². The highest BCUT2D eigenvalue weighted by atomic mass is 79.9. The molecule has 0 saturated carbocycles. The van der Waals surface area contributed by atoms with Gasteiger partial charge in [0.15, 0.2) is 0 Å². The van der Waals surface area contributed by atoms with Crippen molar-refractivity contribution in [2.24, 2.45) is 11.8 Å². The molecule has 2 heterocycles. The molecule has 2 saturated heterocycles. The molecule has 0 N–H and O–H groups in total. The van der Waals surface area contributed by atoms with Crippen LogP contribution in [0.3, 0.4) is 0 Å². The number of nitrogens with zero attached hydrogens (tertiary/aromatic N) is 1. The molecule has 104 valence electrons. The molecule has 0 radical (unpaired) electrons. The number of ether oxygens (including phenoxy) is 1. The van der Waals surface area contributed by atoms with E-state index in [-0.39, 0.29) is 5.92 Å². The minimum Gasteiger partial charge on any atom is -0.381 e. The summed E-state index contributed by atoms with van der Waals surface area (Å²) in [7, 11) is 0. The molecule has 2 rings (SSSR count). The van der Waals surface area contributed by atoms with Gasteiger partial charge in [-0.15, -0.1) is 0 Å². The number of halogens is 1. The van der Waals surface area contributed by atoms with Crippen LogP contribution in [0.25, 0.3) is 0 Å². The van der Waals surface area contributed by atoms with Crippen LogP contribution in [-0.2, 0) is 9.53 Å². The van der Waals surface area contributed by atoms with Crippen molar-refractivity contribution >= 4 is 21.8 Å². The molecule has 0 aromatic rings. The predicted octanol–water partition coefficient (Wildman–Crippen LogP) is 2.83. The summed E-state index contributed by atoms with van der Waals surface area (Å²) < 4.78 is 5.45. The summed E-state index contributed by atoms with van der Waals surface area (Å²) >= 11 is 3.51. The van der Waals surface area contributed by atoms with E-state index >= 15 is 0 Å². The number of hydrogen-bond donors (Lipinski definition) is 0. The van der Waals surface area contributed by atoms with E-state index < -0.39 is 0 Å². The Bertz CT molecular complexity index is 283. The molecule has 3 atom stereocenters. The van der Waals surface area contributed by atoms with Gasteiger partial charge >= 0.3 is 0 Å². The molecule has 0 aromatic heterocycles. The van der Waals surface area contributed by atoms with Gasteiger partial charge in [-0.05, 0) is 38.0 Å². The molecule has 3 nitrogen and oxygen atoms in total. The molecule has 0 bridgehead atoms. The van der Waals surface area contributed by atoms with Gasteiger partial charge < -0.3 is 9.64 Å². The normalized spacial score (nSPS) is 33.4. The SMILES string of the molecule is CC1COCCC1C(=O)N1CCCCC1CCBr. The van der Waals surface area contributed by atoms with Crippen LogP contribution >= 0.6 is 15.9 Å². The number of hydrogen-bond acceptors (Lipinski definition) is 2. The zero-order chi connectivity index (χ0) is 13.0. The highest BCUT2D eigenvalue weighted by molar-refractivity contribution is 9.09. The van der Waals surface area contributed by atoms with Crippen molar-refractivity contribution in [1.29, 1.82) is 0 Å². The Morgan fingerprint density at radius 1 is 1.39 bits per heavy atom. The summed E-state index contributed by atoms with van der Waals surface area (Å²) in [5.41, 5.74) is 0. The van der Waals surface area contributed by atoms with Gasteiger partial charge in [0.25, 0.3) is 0 Å². The second-order valence-corrected chi connectivity index (χ2v) is 6.40. The van der Waals surface area contributed by atoms with E-state index in [4.69, 9.17) is 4.74 Å². The van der Waals surface area contributed by atoms with E-state index in [9.17, 15) is 4.79 Å². The van der Waals surface area contributed by atoms with Gasteiger partial charge in [-0.2, -0.15) is 0 Å². The van der Waals surface area contributed by atoms with Crippen LogP contribution in [0.4, 0.5) is 0 Å². The van der Waals surface area contributed by atoms with E-state index in [0.717, 1.165) is 37.9 Å². The summed E-state index contributed by atoms with van der Waals surface area (Å²) in [5, 5.41) is 0.991. The average Bonchev–Trinajstić information content (AvgIpc) is 2.40. The zero-order valence-corrected chi connectivity index (χ0v) is 12.8. The Balaban J connectivity index is 2.00. The Morgan fingerprint density at radius 3 is 2.94 bits per heavy atom. The van der Waals surface area contributed by atoms with Crippen molar-refractivity contribution in [1.82, 2.24) is 4.90 Å². The predicted molar refractivity (Wildman–Crippen MR) is 75.9 cm³/mol. The van der Waals surface area contributed by atoms with Gasteiger partial charge in [-0.3, -0.25) is 4.79 Å². The second kappa shape index (κ2) is 6.90. The van der Waals surface area contributed by atoms with Gasteiger partial charge in [-0.25, -0.2) is 0 Å². The topological polar surface area (TPSA) is 29.5 Å². The lowest BCUT2D eigenvalue weighted by Crippen LogP contribution is -2.49. The van der Waals surface area contributed by atoms with Crippen LogP contribution in [0.1, 0.15) is 39.0 Å². The Morgan fingerprint density at radius 2 is 2.22 bits per heavy atom. The number of amides is 1. The van der Waals surface area contributed by atoms with Crippen molar-refractivity contribution in [3.05, 3.63) is 0 Å². The lowest BCUT2D eigenvalue weighted by atomic mass is 9.87. The number of alkyl halides is 1. The van der Waals surface area contributed by atoms with E-state index in [1.165, 1.54) is 19.3 Å². The van der Waals surface area contributed by atoms with Crippen molar-refractivity contribution < 1.29 is 9.53 Å². The molecule has 0 aromatic carbocycles. The van der Waals surface area contributed by atoms with Gasteiger partial charge in [0.1, 0.15) is 0 Å². The smallest absolute Gasteiger partial charge is 0.226 e. The molecule has 2 aliphatic rings. The van der Waals surface area contributed by atoms with E-state index in [1.807, 2.05) is 0 Å². The van der Waals surface area contributed by atoms with Gasteiger partial charge in [0.2, 0.25) is 5.91 Å². The highest BCUT2D eigenvalue weighted by Crippen LogP contribution is 2.28. The van der Waals surface area contributed by atoms with Crippen LogP contribution in [0.15, 0.2) is 0 Å². The van der Waals surface area contributed by atoms with E-state index in [0.29, 0.717) is 17.9 Å². The first-order chi connectivity index (χ1) is 8.74. The van der Waals surface area contributed by atoms with Crippen molar-refractivity contribution in [3.8, 4) is 0 Å². The summed E-state index contributed by atoms with van der Waals surface area (Å²) in [4.78, 5) is 14.9. The molecule has 4 heteroatoms. The summed E-state index contributed by atoms with van der Waals surface area (Å²) in [6.45, 7) is 4.59. The first kappa shape index (κ1) is 14.3. The highest BCUT2D eigenvalue weighted by Gasteiger charge is 2.35. The third-order valence-electron chi connectivity index (χ3n) is 4.31. The molecule has 0 spiro atoms. The summed E-state index contributed by atoms with van der Waals surface area (Å²) in [6, 6.07) is 0.459. The van der Waals surface area contributed by atoms with E-state index in [1.54, 1.807) is 0 Å². The average molecular weight is 318 g/mol. The van der Waals surface area contributed by atoms with Crippen LogP contribution in [0.2, 0.25) is 0 Å². The van der Waals surface area contributed by atoms with Crippen LogP contribution in [0.5, 0.6) is 0 Å². The van der Waals surface area contributed by atoms with Crippen molar-refractivity contribution in [2.75, 3.05) is 25.1 Å². The second-order valence-electron chi connectivity index (χ2n) is 5.61. The first-order valence-corrected chi connectivity index (χ1v) is 8.30. The van der Waals surface area contributed by atoms with Gasteiger partial charge in [-0.1, -0.05) is 22.9 Å². The fourth-order valence-electron chi connectivity index (χ4n) is 3.18. The fraction of sp³-hybridized carbons (Fsp3) is 0.929. The Kier molecular flexibility index (Phi) is 5.49. The molecular weight excluding hydrogens is 294 g/mol. The van der Waals surface area contributed by atoms with Crippen LogP contribution in [0, 0.1) is 11.8 Å². The standard InChI is InChI=1S/C14H24BrNO2/c1-11-10-18-9-6-13(11)14(17)16-8-3-2-4-12(16)5-7-15/h11-13H,2-10H2,1H3. The number of rotatable bonds is 3. The summed E-state index contributed by atoms with van der Waals surface area (Å²) in [6.07, 6.45) is 5.60. The molecule has 1 amide bonds. The molecule has 2 fully saturated rings. The number of likely N-dealkylation sites (tertiary alicyclic amines) is 1. The van der Waals surface area contributed by atoms with Crippen LogP contribution < -0.4 is 0 Å². The number of carbonyl (C=O) groups is 1. The fourth-order valence-corrected chi connectivity index (χ4v) is 3.71. The van der Waals surface area contributed by atoms with Gasteiger partial charge in [0, 0.05) is 37.0 Å². The third kappa shape index (κ3) is 3.27. The maximum absolute atomic E-state index is 12.7. The van der Waals surface area contributed by atoms with Crippen molar-refractivity contribution in [2.45, 2.75) is 45.1 Å². The lowest BCUT2D eigenvalue weighted by Gasteiger charge is -2.40. The van der Waals surface area contributed by atoms with Gasteiger partial charge in [0.05, 0.1) is 0 Å². The minimum atomic E-state index is 0.190. The minimum absolute atomic E-state index is 0.190. The zero-order valence-electron chi connectivity index (χ0n) is 11.2. The molecule has 18 heavy (non-hydrogen) atoms. The number of carbonyl (C=O) groups excluding carboxylic acids is 1. The molecular formula is C14H24BrNO2. The summed E-state index contributed by atoms with van der Waals surface area (Å²) in [5.74, 6) is 0.948. The third-order valence-corrected chi connectivity index (χ3v) is 4.77.